The van der Waals surface area contributed by atoms with Crippen LogP contribution in [0.25, 0.3) is 0 Å². The lowest BCUT2D eigenvalue weighted by Gasteiger charge is -2.04. The van der Waals surface area contributed by atoms with Crippen molar-refractivity contribution >= 4 is 17.9 Å². The van der Waals surface area contributed by atoms with Crippen LogP contribution in [0.1, 0.15) is 35.5 Å². The molecule has 0 atom stereocenters. The molecule has 0 fully saturated rings. The first-order valence-electron chi connectivity index (χ1n) is 6.46. The summed E-state index contributed by atoms with van der Waals surface area (Å²) in [4.78, 5) is 11.2. The molecule has 0 saturated heterocycles. The Morgan fingerprint density at radius 1 is 1.45 bits per heavy atom. The fourth-order valence-corrected chi connectivity index (χ4v) is 2.32. The van der Waals surface area contributed by atoms with Crippen LogP contribution in [0, 0.1) is 11.7 Å². The van der Waals surface area contributed by atoms with Gasteiger partial charge in [0, 0.05) is 0 Å². The van der Waals surface area contributed by atoms with Crippen LogP contribution >= 0.6 is 11.6 Å². The Labute approximate surface area is 122 Å². The Bertz CT molecular complexity index is 622. The summed E-state index contributed by atoms with van der Waals surface area (Å²) >= 11 is 6.18. The highest BCUT2D eigenvalue weighted by Crippen LogP contribution is 2.22. The standard InChI is InChI=1S/C15H16ClFN2O/c1-10(2)6-14-13(9-20)15(16)19(18-14)8-11-4-3-5-12(17)7-11/h3-5,7,9-10H,6,8H2,1-2H3. The van der Waals surface area contributed by atoms with Gasteiger partial charge in [-0.25, -0.2) is 9.07 Å². The van der Waals surface area contributed by atoms with Gasteiger partial charge in [-0.2, -0.15) is 5.10 Å². The summed E-state index contributed by atoms with van der Waals surface area (Å²) in [6.07, 6.45) is 1.42. The smallest absolute Gasteiger partial charge is 0.155 e. The Hall–Kier alpha value is -1.68. The molecular weight excluding hydrogens is 279 g/mol. The van der Waals surface area contributed by atoms with E-state index in [0.29, 0.717) is 35.3 Å². The summed E-state index contributed by atoms with van der Waals surface area (Å²) in [6, 6.07) is 6.25. The topological polar surface area (TPSA) is 34.9 Å². The number of aromatic nitrogens is 2. The average molecular weight is 295 g/mol. The van der Waals surface area contributed by atoms with Crippen LogP contribution in [0.5, 0.6) is 0 Å². The number of carbonyl (C=O) groups excluding carboxylic acids is 1. The van der Waals surface area contributed by atoms with Crippen molar-refractivity contribution in [3.63, 3.8) is 0 Å². The average Bonchev–Trinajstić information content (AvgIpc) is 2.64. The van der Waals surface area contributed by atoms with Crippen molar-refractivity contribution in [2.24, 2.45) is 5.92 Å². The minimum atomic E-state index is -0.302. The minimum Gasteiger partial charge on any atom is -0.298 e. The van der Waals surface area contributed by atoms with E-state index in [2.05, 4.69) is 5.10 Å². The summed E-state index contributed by atoms with van der Waals surface area (Å²) in [5.41, 5.74) is 1.87. The lowest BCUT2D eigenvalue weighted by Crippen LogP contribution is -2.03. The van der Waals surface area contributed by atoms with Gasteiger partial charge in [-0.1, -0.05) is 37.6 Å². The van der Waals surface area contributed by atoms with E-state index in [1.807, 2.05) is 13.8 Å². The first-order valence-corrected chi connectivity index (χ1v) is 6.84. The van der Waals surface area contributed by atoms with Crippen molar-refractivity contribution in [3.05, 3.63) is 52.1 Å². The van der Waals surface area contributed by atoms with Gasteiger partial charge >= 0.3 is 0 Å². The first kappa shape index (κ1) is 14.7. The predicted molar refractivity (Wildman–Crippen MR) is 76.7 cm³/mol. The lowest BCUT2D eigenvalue weighted by molar-refractivity contribution is 0.112. The van der Waals surface area contributed by atoms with E-state index in [1.165, 1.54) is 16.8 Å². The molecule has 0 aliphatic rings. The molecular formula is C15H16ClFN2O. The van der Waals surface area contributed by atoms with Gasteiger partial charge in [-0.3, -0.25) is 4.79 Å². The molecule has 2 rings (SSSR count). The third kappa shape index (κ3) is 3.25. The number of carbonyl (C=O) groups is 1. The van der Waals surface area contributed by atoms with Crippen molar-refractivity contribution in [1.29, 1.82) is 0 Å². The molecule has 1 aromatic heterocycles. The van der Waals surface area contributed by atoms with Crippen LogP contribution < -0.4 is 0 Å². The van der Waals surface area contributed by atoms with E-state index >= 15 is 0 Å². The molecule has 0 N–H and O–H groups in total. The van der Waals surface area contributed by atoms with Gasteiger partial charge in [-0.05, 0) is 30.0 Å². The summed E-state index contributed by atoms with van der Waals surface area (Å²) in [6.45, 7) is 4.44. The number of benzene rings is 1. The Morgan fingerprint density at radius 2 is 2.20 bits per heavy atom. The maximum Gasteiger partial charge on any atom is 0.155 e. The highest BCUT2D eigenvalue weighted by atomic mass is 35.5. The molecule has 0 unspecified atom stereocenters. The molecule has 0 spiro atoms. The fraction of sp³-hybridized carbons (Fsp3) is 0.333. The number of aldehydes is 1. The quantitative estimate of drug-likeness (QED) is 0.788. The normalized spacial score (nSPS) is 11.1. The van der Waals surface area contributed by atoms with Crippen molar-refractivity contribution < 1.29 is 9.18 Å². The monoisotopic (exact) mass is 294 g/mol. The third-order valence-electron chi connectivity index (χ3n) is 2.94. The van der Waals surface area contributed by atoms with Crippen molar-refractivity contribution in [1.82, 2.24) is 9.78 Å². The zero-order valence-corrected chi connectivity index (χ0v) is 12.2. The van der Waals surface area contributed by atoms with Crippen molar-refractivity contribution in [2.75, 3.05) is 0 Å². The molecule has 1 aromatic carbocycles. The lowest BCUT2D eigenvalue weighted by atomic mass is 10.1. The summed E-state index contributed by atoms with van der Waals surface area (Å²) < 4.78 is 14.7. The van der Waals surface area contributed by atoms with Crippen LogP contribution in [-0.4, -0.2) is 16.1 Å². The third-order valence-corrected chi connectivity index (χ3v) is 3.34. The number of halogens is 2. The van der Waals surface area contributed by atoms with Crippen LogP contribution in [0.2, 0.25) is 5.15 Å². The Morgan fingerprint density at radius 3 is 2.80 bits per heavy atom. The second-order valence-corrected chi connectivity index (χ2v) is 5.51. The minimum absolute atomic E-state index is 0.302. The molecule has 0 radical (unpaired) electrons. The van der Waals surface area contributed by atoms with Gasteiger partial charge in [0.15, 0.2) is 6.29 Å². The van der Waals surface area contributed by atoms with Crippen molar-refractivity contribution in [2.45, 2.75) is 26.8 Å². The largest absolute Gasteiger partial charge is 0.298 e. The molecule has 0 aliphatic carbocycles. The molecule has 2 aromatic rings. The maximum atomic E-state index is 13.2. The van der Waals surface area contributed by atoms with E-state index in [4.69, 9.17) is 11.6 Å². The van der Waals surface area contributed by atoms with Crippen LogP contribution in [0.4, 0.5) is 4.39 Å². The molecule has 3 nitrogen and oxygen atoms in total. The summed E-state index contributed by atoms with van der Waals surface area (Å²) in [5, 5.41) is 4.68. The molecule has 20 heavy (non-hydrogen) atoms. The SMILES string of the molecule is CC(C)Cc1nn(Cc2cccc(F)c2)c(Cl)c1C=O. The van der Waals surface area contributed by atoms with E-state index < -0.39 is 0 Å². The molecule has 0 amide bonds. The molecule has 5 heteroatoms. The number of hydrogen-bond donors (Lipinski definition) is 0. The highest BCUT2D eigenvalue weighted by Gasteiger charge is 2.16. The highest BCUT2D eigenvalue weighted by molar-refractivity contribution is 6.32. The van der Waals surface area contributed by atoms with Crippen LogP contribution in [0.15, 0.2) is 24.3 Å². The van der Waals surface area contributed by atoms with Gasteiger partial charge in [0.05, 0.1) is 17.8 Å². The second kappa shape index (κ2) is 6.18. The maximum absolute atomic E-state index is 13.2. The van der Waals surface area contributed by atoms with E-state index in [9.17, 15) is 9.18 Å². The molecule has 0 aliphatic heterocycles. The van der Waals surface area contributed by atoms with E-state index in [0.717, 1.165) is 11.8 Å². The molecule has 106 valence electrons. The van der Waals surface area contributed by atoms with Crippen LogP contribution in [0.3, 0.4) is 0 Å². The second-order valence-electron chi connectivity index (χ2n) is 5.15. The van der Waals surface area contributed by atoms with Gasteiger partial charge in [0.25, 0.3) is 0 Å². The van der Waals surface area contributed by atoms with Gasteiger partial charge < -0.3 is 0 Å². The van der Waals surface area contributed by atoms with E-state index in [1.54, 1.807) is 12.1 Å². The summed E-state index contributed by atoms with van der Waals surface area (Å²) in [5.74, 6) is 0.0751. The van der Waals surface area contributed by atoms with Crippen molar-refractivity contribution in [3.8, 4) is 0 Å². The number of nitrogens with zero attached hydrogens (tertiary/aromatic N) is 2. The first-order chi connectivity index (χ1) is 9.51. The Balaban J connectivity index is 2.32. The summed E-state index contributed by atoms with van der Waals surface area (Å²) in [7, 11) is 0. The Kier molecular flexibility index (Phi) is 4.55. The molecule has 1 heterocycles. The van der Waals surface area contributed by atoms with E-state index in [-0.39, 0.29) is 5.82 Å². The van der Waals surface area contributed by atoms with Gasteiger partial charge in [0.2, 0.25) is 0 Å². The fourth-order valence-electron chi connectivity index (χ4n) is 2.07. The zero-order chi connectivity index (χ0) is 14.7. The number of rotatable bonds is 5. The molecule has 0 bridgehead atoms. The van der Waals surface area contributed by atoms with Crippen LogP contribution in [-0.2, 0) is 13.0 Å². The molecule has 0 saturated carbocycles. The van der Waals surface area contributed by atoms with Gasteiger partial charge in [0.1, 0.15) is 11.0 Å². The van der Waals surface area contributed by atoms with Gasteiger partial charge in [-0.15, -0.1) is 0 Å². The number of hydrogen-bond acceptors (Lipinski definition) is 2. The predicted octanol–water partition coefficient (Wildman–Crippen LogP) is 3.73. The zero-order valence-electron chi connectivity index (χ0n) is 11.4.